The summed E-state index contributed by atoms with van der Waals surface area (Å²) in [4.78, 5) is 24.7. The van der Waals surface area contributed by atoms with Gasteiger partial charge in [-0.3, -0.25) is 10.2 Å². The zero-order valence-corrected chi connectivity index (χ0v) is 11.9. The summed E-state index contributed by atoms with van der Waals surface area (Å²) in [6.45, 7) is 7.10. The molecular formula is C13H23N3O3. The molecule has 1 aliphatic heterocycles. The third-order valence-corrected chi connectivity index (χ3v) is 3.78. The number of carbonyl (C=O) groups is 2. The molecule has 6 heteroatoms. The van der Waals surface area contributed by atoms with Crippen molar-refractivity contribution in [3.8, 4) is 0 Å². The van der Waals surface area contributed by atoms with Crippen molar-refractivity contribution in [3.05, 3.63) is 0 Å². The average molecular weight is 269 g/mol. The molecule has 0 aromatic carbocycles. The van der Waals surface area contributed by atoms with Crippen molar-refractivity contribution in [1.82, 2.24) is 10.3 Å². The molecule has 2 aliphatic rings. The molecule has 0 aromatic rings. The van der Waals surface area contributed by atoms with Crippen LogP contribution in [0.3, 0.4) is 0 Å². The van der Waals surface area contributed by atoms with Crippen molar-refractivity contribution in [2.75, 3.05) is 13.1 Å². The van der Waals surface area contributed by atoms with Gasteiger partial charge in [0.05, 0.1) is 0 Å². The van der Waals surface area contributed by atoms with Gasteiger partial charge in [-0.2, -0.15) is 0 Å². The highest BCUT2D eigenvalue weighted by Gasteiger charge is 2.54. The summed E-state index contributed by atoms with van der Waals surface area (Å²) in [5.74, 6) is 5.36. The van der Waals surface area contributed by atoms with Gasteiger partial charge >= 0.3 is 6.09 Å². The van der Waals surface area contributed by atoms with Gasteiger partial charge in [0.15, 0.2) is 0 Å². The van der Waals surface area contributed by atoms with Gasteiger partial charge in [-0.1, -0.05) is 0 Å². The summed E-state index contributed by atoms with van der Waals surface area (Å²) in [6, 6.07) is 0. The first-order valence-corrected chi connectivity index (χ1v) is 6.70. The predicted molar refractivity (Wildman–Crippen MR) is 69.9 cm³/mol. The maximum absolute atomic E-state index is 11.8. The Bertz CT molecular complexity index is 375. The van der Waals surface area contributed by atoms with Gasteiger partial charge in [-0.25, -0.2) is 10.6 Å². The monoisotopic (exact) mass is 269 g/mol. The van der Waals surface area contributed by atoms with Crippen molar-refractivity contribution in [2.45, 2.75) is 45.6 Å². The van der Waals surface area contributed by atoms with Crippen LogP contribution >= 0.6 is 0 Å². The van der Waals surface area contributed by atoms with E-state index in [1.807, 2.05) is 20.8 Å². The first kappa shape index (κ1) is 14.1. The quantitative estimate of drug-likeness (QED) is 0.445. The zero-order valence-electron chi connectivity index (χ0n) is 11.9. The van der Waals surface area contributed by atoms with Crippen LogP contribution in [0.25, 0.3) is 0 Å². The number of ether oxygens (including phenoxy) is 1. The summed E-state index contributed by atoms with van der Waals surface area (Å²) in [5, 5.41) is 0. The number of rotatable bonds is 2. The van der Waals surface area contributed by atoms with Crippen LogP contribution < -0.4 is 11.3 Å². The Morgan fingerprint density at radius 2 is 1.95 bits per heavy atom. The second-order valence-corrected chi connectivity index (χ2v) is 6.88. The number of nitrogens with one attached hydrogen (secondary N) is 1. The maximum Gasteiger partial charge on any atom is 0.410 e. The van der Waals surface area contributed by atoms with Crippen LogP contribution in [0.2, 0.25) is 0 Å². The van der Waals surface area contributed by atoms with Crippen LogP contribution in [0.15, 0.2) is 0 Å². The lowest BCUT2D eigenvalue weighted by Gasteiger charge is -2.58. The lowest BCUT2D eigenvalue weighted by Crippen LogP contribution is -2.64. The molecule has 2 fully saturated rings. The minimum Gasteiger partial charge on any atom is -0.444 e. The fourth-order valence-corrected chi connectivity index (χ4v) is 3.11. The largest absolute Gasteiger partial charge is 0.444 e. The summed E-state index contributed by atoms with van der Waals surface area (Å²) < 4.78 is 5.32. The zero-order chi connectivity index (χ0) is 14.3. The van der Waals surface area contributed by atoms with E-state index in [0.29, 0.717) is 12.3 Å². The minimum absolute atomic E-state index is 0.108. The summed E-state index contributed by atoms with van der Waals surface area (Å²) in [7, 11) is 0. The molecule has 1 heterocycles. The third kappa shape index (κ3) is 3.18. The molecule has 3 N–H and O–H groups in total. The molecule has 6 nitrogen and oxygen atoms in total. The molecule has 108 valence electrons. The van der Waals surface area contributed by atoms with E-state index in [1.165, 1.54) is 0 Å². The van der Waals surface area contributed by atoms with E-state index < -0.39 is 5.60 Å². The molecule has 1 aliphatic carbocycles. The Hall–Kier alpha value is -1.30. The molecular weight excluding hydrogens is 246 g/mol. The van der Waals surface area contributed by atoms with Gasteiger partial charge in [0.1, 0.15) is 5.60 Å². The molecule has 0 radical (unpaired) electrons. The van der Waals surface area contributed by atoms with E-state index in [0.717, 1.165) is 25.9 Å². The third-order valence-electron chi connectivity index (χ3n) is 3.78. The average Bonchev–Trinajstić information content (AvgIpc) is 2.16. The topological polar surface area (TPSA) is 84.7 Å². The highest BCUT2D eigenvalue weighted by Crippen LogP contribution is 2.53. The van der Waals surface area contributed by atoms with Gasteiger partial charge < -0.3 is 9.64 Å². The van der Waals surface area contributed by atoms with Gasteiger partial charge in [0.25, 0.3) is 0 Å². The summed E-state index contributed by atoms with van der Waals surface area (Å²) in [6.07, 6.45) is 2.26. The Kier molecular flexibility index (Phi) is 3.47. The number of hydrazine groups is 1. The van der Waals surface area contributed by atoms with Crippen molar-refractivity contribution in [2.24, 2.45) is 17.2 Å². The minimum atomic E-state index is -0.443. The standard InChI is InChI=1S/C13H23N3O3/c1-12(2,3)19-11(18)16-7-13(8-16)5-9(6-13)4-10(17)15-14/h9H,4-8,14H2,1-3H3,(H,15,17). The fourth-order valence-electron chi connectivity index (χ4n) is 3.11. The Balaban J connectivity index is 1.70. The van der Waals surface area contributed by atoms with Crippen molar-refractivity contribution in [1.29, 1.82) is 0 Å². The number of nitrogens with two attached hydrogens (primary N) is 1. The molecule has 1 saturated heterocycles. The van der Waals surface area contributed by atoms with E-state index in [-0.39, 0.29) is 17.4 Å². The van der Waals surface area contributed by atoms with Gasteiger partial charge in [-0.15, -0.1) is 0 Å². The molecule has 0 bridgehead atoms. The summed E-state index contributed by atoms with van der Waals surface area (Å²) in [5.41, 5.74) is 1.95. The first-order valence-electron chi connectivity index (χ1n) is 6.70. The van der Waals surface area contributed by atoms with E-state index in [9.17, 15) is 9.59 Å². The van der Waals surface area contributed by atoms with Gasteiger partial charge in [0.2, 0.25) is 5.91 Å². The summed E-state index contributed by atoms with van der Waals surface area (Å²) >= 11 is 0. The maximum atomic E-state index is 11.8. The van der Waals surface area contributed by atoms with E-state index in [2.05, 4.69) is 5.43 Å². The Morgan fingerprint density at radius 3 is 2.42 bits per heavy atom. The van der Waals surface area contributed by atoms with Crippen molar-refractivity contribution < 1.29 is 14.3 Å². The predicted octanol–water partition coefficient (Wildman–Crippen LogP) is 1.01. The second kappa shape index (κ2) is 4.67. The SMILES string of the molecule is CC(C)(C)OC(=O)N1CC2(CC(CC(=O)NN)C2)C1. The Morgan fingerprint density at radius 1 is 1.37 bits per heavy atom. The highest BCUT2D eigenvalue weighted by atomic mass is 16.6. The van der Waals surface area contributed by atoms with Crippen LogP contribution in [0.5, 0.6) is 0 Å². The lowest BCUT2D eigenvalue weighted by molar-refractivity contribution is -0.129. The molecule has 0 unspecified atom stereocenters. The Labute approximate surface area is 113 Å². The normalized spacial score (nSPS) is 21.6. The second-order valence-electron chi connectivity index (χ2n) is 6.88. The number of hydrogen-bond donors (Lipinski definition) is 2. The molecule has 0 atom stereocenters. The van der Waals surface area contributed by atoms with E-state index >= 15 is 0 Å². The first-order chi connectivity index (χ1) is 8.73. The van der Waals surface area contributed by atoms with Crippen molar-refractivity contribution >= 4 is 12.0 Å². The van der Waals surface area contributed by atoms with Gasteiger partial charge in [-0.05, 0) is 39.5 Å². The van der Waals surface area contributed by atoms with Crippen molar-refractivity contribution in [3.63, 3.8) is 0 Å². The molecule has 19 heavy (non-hydrogen) atoms. The van der Waals surface area contributed by atoms with E-state index in [1.54, 1.807) is 4.90 Å². The molecule has 1 saturated carbocycles. The van der Waals surface area contributed by atoms with Crippen LogP contribution in [-0.2, 0) is 9.53 Å². The van der Waals surface area contributed by atoms with E-state index in [4.69, 9.17) is 10.6 Å². The number of amides is 2. The number of nitrogens with zero attached hydrogens (tertiary/aromatic N) is 1. The number of hydrogen-bond acceptors (Lipinski definition) is 4. The molecule has 0 aromatic heterocycles. The van der Waals surface area contributed by atoms with Crippen LogP contribution in [0.1, 0.15) is 40.0 Å². The van der Waals surface area contributed by atoms with Crippen LogP contribution in [0.4, 0.5) is 4.79 Å². The number of carbonyl (C=O) groups excluding carboxylic acids is 2. The van der Waals surface area contributed by atoms with Crippen LogP contribution in [0, 0.1) is 11.3 Å². The van der Waals surface area contributed by atoms with Gasteiger partial charge in [0, 0.05) is 24.9 Å². The smallest absolute Gasteiger partial charge is 0.410 e. The molecule has 2 rings (SSSR count). The lowest BCUT2D eigenvalue weighted by atomic mass is 9.57. The molecule has 2 amide bonds. The fraction of sp³-hybridized carbons (Fsp3) is 0.846. The van der Waals surface area contributed by atoms with Crippen LogP contribution in [-0.4, -0.2) is 35.6 Å². The molecule has 1 spiro atoms. The highest BCUT2D eigenvalue weighted by molar-refractivity contribution is 5.75. The number of likely N-dealkylation sites (tertiary alicyclic amines) is 1.